The van der Waals surface area contributed by atoms with Crippen molar-refractivity contribution in [3.05, 3.63) is 48.4 Å². The van der Waals surface area contributed by atoms with Gasteiger partial charge in [0.05, 0.1) is 18.6 Å². The maximum atomic E-state index is 4.35. The van der Waals surface area contributed by atoms with E-state index in [0.717, 1.165) is 11.2 Å². The first kappa shape index (κ1) is 9.15. The molecule has 0 radical (unpaired) electrons. The number of rotatable bonds is 2. The second kappa shape index (κ2) is 3.48. The average molecular weight is 212 g/mol. The number of hydrogen-bond donors (Lipinski definition) is 1. The van der Waals surface area contributed by atoms with Gasteiger partial charge in [0.2, 0.25) is 0 Å². The number of imidazole rings is 1. The fraction of sp³-hybridized carbons (Fsp3) is 0.167. The Morgan fingerprint density at radius 1 is 1.25 bits per heavy atom. The van der Waals surface area contributed by atoms with Gasteiger partial charge in [-0.2, -0.15) is 5.10 Å². The number of H-pyrrole nitrogens is 1. The predicted octanol–water partition coefficient (Wildman–Crippen LogP) is 2.37. The minimum Gasteiger partial charge on any atom is -0.342 e. The molecule has 0 aliphatic carbocycles. The quantitative estimate of drug-likeness (QED) is 0.708. The molecule has 2 heterocycles. The molecule has 0 saturated carbocycles. The predicted molar refractivity (Wildman–Crippen MR) is 62.1 cm³/mol. The van der Waals surface area contributed by atoms with Crippen molar-refractivity contribution >= 4 is 11.2 Å². The van der Waals surface area contributed by atoms with Gasteiger partial charge in [-0.05, 0) is 12.5 Å². The van der Waals surface area contributed by atoms with E-state index in [0.29, 0.717) is 0 Å². The van der Waals surface area contributed by atoms with Crippen LogP contribution in [0.2, 0.25) is 0 Å². The molecule has 0 aliphatic rings. The molecule has 1 aromatic carbocycles. The van der Waals surface area contributed by atoms with E-state index in [1.165, 1.54) is 5.56 Å². The number of hydrogen-bond acceptors (Lipinski definition) is 2. The fourth-order valence-corrected chi connectivity index (χ4v) is 1.91. The third kappa shape index (κ3) is 1.31. The molecule has 0 bridgehead atoms. The number of aromatic amines is 1. The van der Waals surface area contributed by atoms with E-state index in [1.54, 1.807) is 6.33 Å². The summed E-state index contributed by atoms with van der Waals surface area (Å²) < 4.78 is 1.93. The van der Waals surface area contributed by atoms with Crippen molar-refractivity contribution in [2.75, 3.05) is 0 Å². The molecule has 4 heteroatoms. The van der Waals surface area contributed by atoms with E-state index in [2.05, 4.69) is 34.1 Å². The van der Waals surface area contributed by atoms with Crippen molar-refractivity contribution < 1.29 is 0 Å². The topological polar surface area (TPSA) is 46.5 Å². The number of nitrogens with one attached hydrogen (secondary N) is 1. The van der Waals surface area contributed by atoms with E-state index in [-0.39, 0.29) is 6.04 Å². The molecular formula is C12H12N4. The summed E-state index contributed by atoms with van der Waals surface area (Å²) >= 11 is 0. The Bertz CT molecular complexity index is 594. The minimum atomic E-state index is 0.196. The lowest BCUT2D eigenvalue weighted by molar-refractivity contribution is 0.579. The van der Waals surface area contributed by atoms with Gasteiger partial charge in [-0.3, -0.25) is 0 Å². The Labute approximate surface area is 92.9 Å². The van der Waals surface area contributed by atoms with Crippen molar-refractivity contribution in [3.63, 3.8) is 0 Å². The minimum absolute atomic E-state index is 0.196. The van der Waals surface area contributed by atoms with E-state index in [9.17, 15) is 0 Å². The molecule has 3 rings (SSSR count). The van der Waals surface area contributed by atoms with Gasteiger partial charge in [-0.25, -0.2) is 9.67 Å². The van der Waals surface area contributed by atoms with Crippen LogP contribution in [0.5, 0.6) is 0 Å². The zero-order valence-electron chi connectivity index (χ0n) is 8.96. The molecular weight excluding hydrogens is 200 g/mol. The largest absolute Gasteiger partial charge is 0.342 e. The summed E-state index contributed by atoms with van der Waals surface area (Å²) in [5.74, 6) is 0. The standard InChI is InChI=1S/C12H12N4/c1-9(10-5-3-2-4-6-10)16-12-11(7-15-16)13-8-14-12/h2-9H,1H3,(H,13,14). The third-order valence-corrected chi connectivity index (χ3v) is 2.82. The normalized spacial score (nSPS) is 13.1. The zero-order chi connectivity index (χ0) is 11.0. The van der Waals surface area contributed by atoms with Crippen LogP contribution >= 0.6 is 0 Å². The lowest BCUT2D eigenvalue weighted by atomic mass is 10.1. The summed E-state index contributed by atoms with van der Waals surface area (Å²) in [5, 5.41) is 4.35. The van der Waals surface area contributed by atoms with Gasteiger partial charge < -0.3 is 4.98 Å². The molecule has 1 unspecified atom stereocenters. The van der Waals surface area contributed by atoms with Crippen LogP contribution in [-0.4, -0.2) is 19.7 Å². The van der Waals surface area contributed by atoms with Crippen LogP contribution in [0.3, 0.4) is 0 Å². The lowest BCUT2D eigenvalue weighted by Crippen LogP contribution is -2.08. The molecule has 3 aromatic rings. The van der Waals surface area contributed by atoms with Crippen LogP contribution < -0.4 is 0 Å². The van der Waals surface area contributed by atoms with Gasteiger partial charge >= 0.3 is 0 Å². The Kier molecular flexibility index (Phi) is 1.99. The van der Waals surface area contributed by atoms with Gasteiger partial charge in [0.25, 0.3) is 0 Å². The van der Waals surface area contributed by atoms with Crippen LogP contribution in [0.25, 0.3) is 11.2 Å². The molecule has 1 atom stereocenters. The van der Waals surface area contributed by atoms with Gasteiger partial charge in [-0.15, -0.1) is 0 Å². The highest BCUT2D eigenvalue weighted by Crippen LogP contribution is 2.20. The molecule has 0 spiro atoms. The highest BCUT2D eigenvalue weighted by atomic mass is 15.3. The molecule has 0 amide bonds. The number of aromatic nitrogens is 4. The Morgan fingerprint density at radius 3 is 2.88 bits per heavy atom. The van der Waals surface area contributed by atoms with Crippen LogP contribution in [0.1, 0.15) is 18.5 Å². The van der Waals surface area contributed by atoms with Crippen molar-refractivity contribution in [2.24, 2.45) is 0 Å². The third-order valence-electron chi connectivity index (χ3n) is 2.82. The fourth-order valence-electron chi connectivity index (χ4n) is 1.91. The average Bonchev–Trinajstić information content (AvgIpc) is 2.91. The molecule has 2 aromatic heterocycles. The first-order chi connectivity index (χ1) is 7.86. The number of nitrogens with zero attached hydrogens (tertiary/aromatic N) is 3. The monoisotopic (exact) mass is 212 g/mol. The summed E-state index contributed by atoms with van der Waals surface area (Å²) in [6.07, 6.45) is 3.50. The van der Waals surface area contributed by atoms with Crippen LogP contribution in [0.4, 0.5) is 0 Å². The molecule has 80 valence electrons. The molecule has 0 aliphatic heterocycles. The second-order valence-electron chi connectivity index (χ2n) is 3.82. The Morgan fingerprint density at radius 2 is 2.06 bits per heavy atom. The van der Waals surface area contributed by atoms with Gasteiger partial charge in [-0.1, -0.05) is 30.3 Å². The maximum Gasteiger partial charge on any atom is 0.176 e. The van der Waals surface area contributed by atoms with Gasteiger partial charge in [0.15, 0.2) is 5.65 Å². The maximum absolute atomic E-state index is 4.35. The van der Waals surface area contributed by atoms with Crippen molar-refractivity contribution in [1.82, 2.24) is 19.7 Å². The van der Waals surface area contributed by atoms with E-state index >= 15 is 0 Å². The Balaban J connectivity index is 2.08. The first-order valence-electron chi connectivity index (χ1n) is 5.28. The van der Waals surface area contributed by atoms with E-state index in [1.807, 2.05) is 29.1 Å². The van der Waals surface area contributed by atoms with Gasteiger partial charge in [0.1, 0.15) is 5.52 Å². The highest BCUT2D eigenvalue weighted by Gasteiger charge is 2.12. The zero-order valence-corrected chi connectivity index (χ0v) is 8.96. The molecule has 1 N–H and O–H groups in total. The van der Waals surface area contributed by atoms with E-state index in [4.69, 9.17) is 0 Å². The van der Waals surface area contributed by atoms with Crippen LogP contribution in [0.15, 0.2) is 42.9 Å². The molecule has 4 nitrogen and oxygen atoms in total. The van der Waals surface area contributed by atoms with Crippen LogP contribution in [0, 0.1) is 0 Å². The van der Waals surface area contributed by atoms with Crippen LogP contribution in [-0.2, 0) is 0 Å². The summed E-state index contributed by atoms with van der Waals surface area (Å²) in [6.45, 7) is 2.12. The summed E-state index contributed by atoms with van der Waals surface area (Å²) in [6, 6.07) is 10.5. The summed E-state index contributed by atoms with van der Waals surface area (Å²) in [4.78, 5) is 7.32. The Hall–Kier alpha value is -2.10. The summed E-state index contributed by atoms with van der Waals surface area (Å²) in [7, 11) is 0. The lowest BCUT2D eigenvalue weighted by Gasteiger charge is -2.12. The number of benzene rings is 1. The van der Waals surface area contributed by atoms with Crippen molar-refractivity contribution in [2.45, 2.75) is 13.0 Å². The first-order valence-corrected chi connectivity index (χ1v) is 5.28. The SMILES string of the molecule is CC(c1ccccc1)n1ncc2[nH]cnc21. The van der Waals surface area contributed by atoms with E-state index < -0.39 is 0 Å². The number of fused-ring (bicyclic) bond motifs is 1. The van der Waals surface area contributed by atoms with Crippen molar-refractivity contribution in [3.8, 4) is 0 Å². The highest BCUT2D eigenvalue weighted by molar-refractivity contribution is 5.69. The van der Waals surface area contributed by atoms with Gasteiger partial charge in [0, 0.05) is 0 Å². The smallest absolute Gasteiger partial charge is 0.176 e. The molecule has 0 fully saturated rings. The molecule has 0 saturated heterocycles. The second-order valence-corrected chi connectivity index (χ2v) is 3.82. The molecule has 16 heavy (non-hydrogen) atoms. The summed E-state index contributed by atoms with van der Waals surface area (Å²) in [5.41, 5.74) is 3.11. The van der Waals surface area contributed by atoms with Crippen molar-refractivity contribution in [1.29, 1.82) is 0 Å².